The van der Waals surface area contributed by atoms with Gasteiger partial charge in [-0.15, -0.1) is 0 Å². The molecule has 21 heavy (non-hydrogen) atoms. The normalized spacial score (nSPS) is 25.9. The zero-order valence-corrected chi connectivity index (χ0v) is 13.9. The van der Waals surface area contributed by atoms with Crippen molar-refractivity contribution in [2.75, 3.05) is 26.3 Å². The van der Waals surface area contributed by atoms with Gasteiger partial charge in [0.25, 0.3) is 0 Å². The van der Waals surface area contributed by atoms with Crippen molar-refractivity contribution in [3.05, 3.63) is 0 Å². The first-order chi connectivity index (χ1) is 9.85. The summed E-state index contributed by atoms with van der Waals surface area (Å²) in [5, 5.41) is 3.71. The largest absolute Gasteiger partial charge is 0.444 e. The molecule has 5 heteroatoms. The van der Waals surface area contributed by atoms with Gasteiger partial charge in [0.2, 0.25) is 0 Å². The summed E-state index contributed by atoms with van der Waals surface area (Å²) in [6.45, 7) is 11.3. The molecule has 2 unspecified atom stereocenters. The molecule has 2 rings (SSSR count). The molecule has 5 nitrogen and oxygen atoms in total. The smallest absolute Gasteiger partial charge is 0.410 e. The van der Waals surface area contributed by atoms with Crippen LogP contribution < -0.4 is 5.32 Å². The summed E-state index contributed by atoms with van der Waals surface area (Å²) in [6.07, 6.45) is 2.97. The Bertz CT molecular complexity index is 340. The third kappa shape index (κ3) is 5.15. The fourth-order valence-corrected chi connectivity index (χ4v) is 3.01. The van der Waals surface area contributed by atoms with Crippen molar-refractivity contribution >= 4 is 6.09 Å². The maximum absolute atomic E-state index is 12.0. The number of piperidine rings is 1. The maximum atomic E-state index is 12.0. The van der Waals surface area contributed by atoms with E-state index in [1.54, 1.807) is 0 Å². The Morgan fingerprint density at radius 2 is 1.95 bits per heavy atom. The second kappa shape index (κ2) is 6.97. The molecule has 2 aliphatic heterocycles. The van der Waals surface area contributed by atoms with E-state index in [4.69, 9.17) is 9.47 Å². The summed E-state index contributed by atoms with van der Waals surface area (Å²) >= 11 is 0. The van der Waals surface area contributed by atoms with E-state index in [-0.39, 0.29) is 6.09 Å². The fraction of sp³-hybridized carbons (Fsp3) is 0.938. The van der Waals surface area contributed by atoms with Gasteiger partial charge in [0.1, 0.15) is 5.60 Å². The summed E-state index contributed by atoms with van der Waals surface area (Å²) in [5.41, 5.74) is -0.414. The summed E-state index contributed by atoms with van der Waals surface area (Å²) in [5.74, 6) is 0.633. The number of nitrogens with zero attached hydrogens (tertiary/aromatic N) is 1. The van der Waals surface area contributed by atoms with Crippen LogP contribution in [-0.4, -0.2) is 55.0 Å². The van der Waals surface area contributed by atoms with Crippen LogP contribution in [0.25, 0.3) is 0 Å². The molecule has 0 bridgehead atoms. The van der Waals surface area contributed by atoms with Gasteiger partial charge in [-0.25, -0.2) is 4.79 Å². The molecule has 0 aliphatic carbocycles. The van der Waals surface area contributed by atoms with Gasteiger partial charge in [-0.2, -0.15) is 0 Å². The minimum absolute atomic E-state index is 0.182. The summed E-state index contributed by atoms with van der Waals surface area (Å²) in [7, 11) is 0. The number of nitrogens with one attached hydrogen (secondary N) is 1. The molecule has 2 atom stereocenters. The highest BCUT2D eigenvalue weighted by Gasteiger charge is 2.29. The molecule has 0 spiro atoms. The molecule has 2 fully saturated rings. The quantitative estimate of drug-likeness (QED) is 0.869. The van der Waals surface area contributed by atoms with Crippen LogP contribution in [0.15, 0.2) is 0 Å². The Kier molecular flexibility index (Phi) is 5.49. The van der Waals surface area contributed by atoms with E-state index in [1.165, 1.54) is 0 Å². The van der Waals surface area contributed by atoms with Gasteiger partial charge >= 0.3 is 6.09 Å². The minimum atomic E-state index is -0.414. The molecule has 2 heterocycles. The number of rotatable bonds is 3. The van der Waals surface area contributed by atoms with Crippen LogP contribution in [-0.2, 0) is 9.47 Å². The highest BCUT2D eigenvalue weighted by molar-refractivity contribution is 5.68. The summed E-state index contributed by atoms with van der Waals surface area (Å²) in [6, 6.07) is 0.991. The molecule has 0 saturated carbocycles. The predicted octanol–water partition coefficient (Wildman–Crippen LogP) is 2.40. The number of carbonyl (C=O) groups excluding carboxylic acids is 1. The van der Waals surface area contributed by atoms with Crippen molar-refractivity contribution in [3.8, 4) is 0 Å². The van der Waals surface area contributed by atoms with Gasteiger partial charge < -0.3 is 19.7 Å². The zero-order valence-electron chi connectivity index (χ0n) is 13.9. The number of hydrogen-bond acceptors (Lipinski definition) is 4. The highest BCUT2D eigenvalue weighted by atomic mass is 16.6. The van der Waals surface area contributed by atoms with E-state index >= 15 is 0 Å². The first kappa shape index (κ1) is 16.6. The molecule has 1 amide bonds. The van der Waals surface area contributed by atoms with Crippen molar-refractivity contribution < 1.29 is 14.3 Å². The van der Waals surface area contributed by atoms with Gasteiger partial charge in [0, 0.05) is 31.8 Å². The summed E-state index contributed by atoms with van der Waals surface area (Å²) < 4.78 is 10.9. The lowest BCUT2D eigenvalue weighted by Gasteiger charge is -2.35. The average Bonchev–Trinajstić information content (AvgIpc) is 2.91. The Morgan fingerprint density at radius 3 is 2.48 bits per heavy atom. The summed E-state index contributed by atoms with van der Waals surface area (Å²) in [4.78, 5) is 13.8. The second-order valence-corrected chi connectivity index (χ2v) is 7.32. The van der Waals surface area contributed by atoms with Crippen LogP contribution in [0, 0.1) is 5.92 Å². The van der Waals surface area contributed by atoms with E-state index in [2.05, 4.69) is 12.2 Å². The number of likely N-dealkylation sites (tertiary alicyclic amines) is 1. The number of ether oxygens (including phenoxy) is 2. The highest BCUT2D eigenvalue weighted by Crippen LogP contribution is 2.20. The molecule has 0 aromatic heterocycles. The molecule has 122 valence electrons. The van der Waals surface area contributed by atoms with Crippen molar-refractivity contribution in [1.82, 2.24) is 10.2 Å². The Labute approximate surface area is 128 Å². The van der Waals surface area contributed by atoms with E-state index in [9.17, 15) is 4.79 Å². The van der Waals surface area contributed by atoms with Gasteiger partial charge in [-0.05, 0) is 52.9 Å². The van der Waals surface area contributed by atoms with Crippen molar-refractivity contribution in [2.45, 2.75) is 64.6 Å². The molecule has 0 aromatic rings. The first-order valence-corrected chi connectivity index (χ1v) is 8.17. The van der Waals surface area contributed by atoms with Crippen LogP contribution in [0.4, 0.5) is 4.79 Å². The van der Waals surface area contributed by atoms with Crippen molar-refractivity contribution in [2.24, 2.45) is 5.92 Å². The Morgan fingerprint density at radius 1 is 1.29 bits per heavy atom. The van der Waals surface area contributed by atoms with Crippen molar-refractivity contribution in [3.63, 3.8) is 0 Å². The lowest BCUT2D eigenvalue weighted by atomic mass is 9.97. The molecule has 1 N–H and O–H groups in total. The van der Waals surface area contributed by atoms with Crippen LogP contribution in [0.3, 0.4) is 0 Å². The topological polar surface area (TPSA) is 50.8 Å². The van der Waals surface area contributed by atoms with E-state index in [0.717, 1.165) is 45.6 Å². The second-order valence-electron chi connectivity index (χ2n) is 7.32. The van der Waals surface area contributed by atoms with Crippen LogP contribution in [0.2, 0.25) is 0 Å². The SMILES string of the molecule is CC(NC1CCN(C(=O)OC(C)(C)C)CC1)C1CCOC1. The van der Waals surface area contributed by atoms with E-state index in [0.29, 0.717) is 18.0 Å². The minimum Gasteiger partial charge on any atom is -0.444 e. The van der Waals surface area contributed by atoms with Crippen LogP contribution in [0.5, 0.6) is 0 Å². The third-order valence-electron chi connectivity index (χ3n) is 4.32. The standard InChI is InChI=1S/C16H30N2O3/c1-12(13-7-10-20-11-13)17-14-5-8-18(9-6-14)15(19)21-16(2,3)4/h12-14,17H,5-11H2,1-4H3. The molecule has 0 radical (unpaired) electrons. The molecule has 2 aliphatic rings. The van der Waals surface area contributed by atoms with E-state index < -0.39 is 5.60 Å². The van der Waals surface area contributed by atoms with Gasteiger partial charge in [-0.1, -0.05) is 0 Å². The molecule has 0 aromatic carbocycles. The zero-order chi connectivity index (χ0) is 15.5. The number of amides is 1. The third-order valence-corrected chi connectivity index (χ3v) is 4.32. The fourth-order valence-electron chi connectivity index (χ4n) is 3.01. The van der Waals surface area contributed by atoms with E-state index in [1.807, 2.05) is 25.7 Å². The van der Waals surface area contributed by atoms with Crippen LogP contribution >= 0.6 is 0 Å². The predicted molar refractivity (Wildman–Crippen MR) is 82.4 cm³/mol. The first-order valence-electron chi connectivity index (χ1n) is 8.17. The molecule has 2 saturated heterocycles. The van der Waals surface area contributed by atoms with Crippen LogP contribution in [0.1, 0.15) is 47.0 Å². The monoisotopic (exact) mass is 298 g/mol. The number of hydrogen-bond donors (Lipinski definition) is 1. The maximum Gasteiger partial charge on any atom is 0.410 e. The number of carbonyl (C=O) groups is 1. The average molecular weight is 298 g/mol. The van der Waals surface area contributed by atoms with Gasteiger partial charge in [0.05, 0.1) is 6.61 Å². The van der Waals surface area contributed by atoms with Crippen molar-refractivity contribution in [1.29, 1.82) is 0 Å². The van der Waals surface area contributed by atoms with Gasteiger partial charge in [0.15, 0.2) is 0 Å². The molecular formula is C16H30N2O3. The Balaban J connectivity index is 1.71. The van der Waals surface area contributed by atoms with Gasteiger partial charge in [-0.3, -0.25) is 0 Å². The Hall–Kier alpha value is -0.810. The molecular weight excluding hydrogens is 268 g/mol. The lowest BCUT2D eigenvalue weighted by Crippen LogP contribution is -2.49. The lowest BCUT2D eigenvalue weighted by molar-refractivity contribution is 0.0194.